The first-order chi connectivity index (χ1) is 10.9. The van der Waals surface area contributed by atoms with E-state index in [-0.39, 0.29) is 24.3 Å². The zero-order chi connectivity index (χ0) is 16.8. The molecule has 23 heavy (non-hydrogen) atoms. The molecule has 124 valence electrons. The van der Waals surface area contributed by atoms with E-state index in [1.165, 1.54) is 11.3 Å². The molecule has 6 nitrogen and oxygen atoms in total. The van der Waals surface area contributed by atoms with E-state index >= 15 is 0 Å². The first kappa shape index (κ1) is 16.2. The number of ether oxygens (including phenoxy) is 1. The summed E-state index contributed by atoms with van der Waals surface area (Å²) in [6.45, 7) is 8.19. The lowest BCUT2D eigenvalue weighted by Gasteiger charge is -2.29. The van der Waals surface area contributed by atoms with Crippen LogP contribution in [0.1, 0.15) is 24.3 Å². The maximum absolute atomic E-state index is 12.8. The largest absolute Gasteiger partial charge is 0.395 e. The van der Waals surface area contributed by atoms with Crippen LogP contribution >= 0.6 is 11.3 Å². The van der Waals surface area contributed by atoms with E-state index in [0.717, 1.165) is 15.0 Å². The average Bonchev–Trinajstić information content (AvgIpc) is 2.85. The van der Waals surface area contributed by atoms with E-state index in [1.807, 2.05) is 13.8 Å². The van der Waals surface area contributed by atoms with Gasteiger partial charge in [0, 0.05) is 17.8 Å². The van der Waals surface area contributed by atoms with E-state index in [4.69, 9.17) is 4.74 Å². The molecule has 1 N–H and O–H groups in total. The lowest BCUT2D eigenvalue weighted by atomic mass is 9.94. The van der Waals surface area contributed by atoms with Crippen LogP contribution in [0.15, 0.2) is 22.2 Å². The Morgan fingerprint density at radius 1 is 1.39 bits per heavy atom. The van der Waals surface area contributed by atoms with E-state index in [2.05, 4.69) is 6.58 Å². The van der Waals surface area contributed by atoms with Crippen LogP contribution in [0.5, 0.6) is 0 Å². The van der Waals surface area contributed by atoms with Crippen molar-refractivity contribution in [1.82, 2.24) is 9.13 Å². The van der Waals surface area contributed by atoms with Crippen molar-refractivity contribution in [1.29, 1.82) is 0 Å². The number of hydrogen-bond acceptors (Lipinski definition) is 5. The molecule has 1 aliphatic rings. The molecule has 0 saturated heterocycles. The summed E-state index contributed by atoms with van der Waals surface area (Å²) in [7, 11) is 0. The molecular weight excluding hydrogens is 316 g/mol. The number of rotatable bonds is 4. The molecule has 0 atom stereocenters. The van der Waals surface area contributed by atoms with Crippen molar-refractivity contribution in [3.63, 3.8) is 0 Å². The van der Waals surface area contributed by atoms with Gasteiger partial charge in [0.15, 0.2) is 0 Å². The van der Waals surface area contributed by atoms with Gasteiger partial charge in [0.1, 0.15) is 4.83 Å². The highest BCUT2D eigenvalue weighted by molar-refractivity contribution is 7.18. The van der Waals surface area contributed by atoms with Crippen molar-refractivity contribution in [2.75, 3.05) is 6.61 Å². The maximum Gasteiger partial charge on any atom is 0.332 e. The standard InChI is InChI=1S/C16H20N2O4S/c1-4-5-18-14-12(13(20)17(6-7-19)15(18)21)10-8-16(2,3)22-9-11(10)23-14/h4,19H,1,5-9H2,2-3H3. The predicted octanol–water partition coefficient (Wildman–Crippen LogP) is 1.25. The summed E-state index contributed by atoms with van der Waals surface area (Å²) < 4.78 is 8.49. The quantitative estimate of drug-likeness (QED) is 0.853. The molecule has 0 bridgehead atoms. The van der Waals surface area contributed by atoms with Crippen LogP contribution in [0.4, 0.5) is 0 Å². The molecular formula is C16H20N2O4S. The van der Waals surface area contributed by atoms with Crippen molar-refractivity contribution in [2.45, 2.75) is 45.6 Å². The van der Waals surface area contributed by atoms with Gasteiger partial charge in [-0.1, -0.05) is 6.08 Å². The summed E-state index contributed by atoms with van der Waals surface area (Å²) in [6, 6.07) is 0. The zero-order valence-corrected chi connectivity index (χ0v) is 14.1. The molecule has 2 aromatic heterocycles. The first-order valence-corrected chi connectivity index (χ1v) is 8.35. The van der Waals surface area contributed by atoms with E-state index in [1.54, 1.807) is 10.6 Å². The van der Waals surface area contributed by atoms with Gasteiger partial charge in [-0.05, 0) is 19.4 Å². The fraction of sp³-hybridized carbons (Fsp3) is 0.500. The van der Waals surface area contributed by atoms with E-state index < -0.39 is 5.69 Å². The highest BCUT2D eigenvalue weighted by Crippen LogP contribution is 2.37. The van der Waals surface area contributed by atoms with Gasteiger partial charge in [0.05, 0.1) is 30.7 Å². The van der Waals surface area contributed by atoms with Gasteiger partial charge in [-0.25, -0.2) is 4.79 Å². The van der Waals surface area contributed by atoms with Gasteiger partial charge in [-0.3, -0.25) is 13.9 Å². The van der Waals surface area contributed by atoms with Crippen molar-refractivity contribution in [3.8, 4) is 0 Å². The van der Waals surface area contributed by atoms with Crippen molar-refractivity contribution < 1.29 is 9.84 Å². The first-order valence-electron chi connectivity index (χ1n) is 7.53. The Bertz CT molecular complexity index is 888. The van der Waals surface area contributed by atoms with E-state index in [0.29, 0.717) is 29.8 Å². The summed E-state index contributed by atoms with van der Waals surface area (Å²) >= 11 is 1.44. The molecule has 7 heteroatoms. The Hall–Kier alpha value is -1.70. The van der Waals surface area contributed by atoms with Gasteiger partial charge in [0.2, 0.25) is 0 Å². The Morgan fingerprint density at radius 3 is 2.78 bits per heavy atom. The smallest absolute Gasteiger partial charge is 0.332 e. The number of hydrogen-bond donors (Lipinski definition) is 1. The molecule has 0 aromatic carbocycles. The minimum Gasteiger partial charge on any atom is -0.395 e. The second kappa shape index (κ2) is 5.74. The van der Waals surface area contributed by atoms with Gasteiger partial charge >= 0.3 is 5.69 Å². The average molecular weight is 336 g/mol. The van der Waals surface area contributed by atoms with Crippen molar-refractivity contribution >= 4 is 21.6 Å². The SMILES string of the molecule is C=CCn1c(=O)n(CCO)c(=O)c2c3c(sc21)COC(C)(C)C3. The van der Waals surface area contributed by atoms with Crippen LogP contribution in [0.2, 0.25) is 0 Å². The second-order valence-corrected chi connectivity index (χ2v) is 7.35. The van der Waals surface area contributed by atoms with Crippen LogP contribution < -0.4 is 11.2 Å². The zero-order valence-electron chi connectivity index (χ0n) is 13.3. The molecule has 0 radical (unpaired) electrons. The molecule has 3 rings (SSSR count). The summed E-state index contributed by atoms with van der Waals surface area (Å²) in [5, 5.41) is 9.77. The third-order valence-corrected chi connectivity index (χ3v) is 5.30. The number of allylic oxidation sites excluding steroid dienone is 1. The number of thiophene rings is 1. The van der Waals surface area contributed by atoms with Crippen molar-refractivity contribution in [3.05, 3.63) is 43.9 Å². The number of fused-ring (bicyclic) bond motifs is 3. The van der Waals surface area contributed by atoms with Gasteiger partial charge in [0.25, 0.3) is 5.56 Å². The molecule has 0 amide bonds. The predicted molar refractivity (Wildman–Crippen MR) is 90.2 cm³/mol. The molecule has 1 aliphatic heterocycles. The van der Waals surface area contributed by atoms with Crippen molar-refractivity contribution in [2.24, 2.45) is 0 Å². The summed E-state index contributed by atoms with van der Waals surface area (Å²) in [5.41, 5.74) is -0.102. The van der Waals surface area contributed by atoms with Crippen LogP contribution in [-0.4, -0.2) is 26.4 Å². The Morgan fingerprint density at radius 2 is 2.13 bits per heavy atom. The van der Waals surface area contributed by atoms with E-state index in [9.17, 15) is 14.7 Å². The number of nitrogens with zero attached hydrogens (tertiary/aromatic N) is 2. The van der Waals surface area contributed by atoms with Crippen LogP contribution in [0.3, 0.4) is 0 Å². The lowest BCUT2D eigenvalue weighted by Crippen LogP contribution is -2.41. The number of aromatic nitrogens is 2. The number of aliphatic hydroxyl groups is 1. The normalized spacial score (nSPS) is 16.5. The fourth-order valence-electron chi connectivity index (χ4n) is 2.99. The minimum absolute atomic E-state index is 0.00470. The fourth-order valence-corrected chi connectivity index (χ4v) is 4.22. The van der Waals surface area contributed by atoms with Crippen LogP contribution in [-0.2, 0) is 30.9 Å². The molecule has 0 spiro atoms. The monoisotopic (exact) mass is 336 g/mol. The summed E-state index contributed by atoms with van der Waals surface area (Å²) in [5.74, 6) is 0. The third-order valence-electron chi connectivity index (χ3n) is 4.07. The molecule has 0 saturated carbocycles. The highest BCUT2D eigenvalue weighted by atomic mass is 32.1. The number of aliphatic hydroxyl groups excluding tert-OH is 1. The lowest BCUT2D eigenvalue weighted by molar-refractivity contribution is -0.0379. The highest BCUT2D eigenvalue weighted by Gasteiger charge is 2.31. The van der Waals surface area contributed by atoms with Crippen LogP contribution in [0, 0.1) is 0 Å². The molecule has 0 aliphatic carbocycles. The van der Waals surface area contributed by atoms with Gasteiger partial charge in [-0.15, -0.1) is 17.9 Å². The summed E-state index contributed by atoms with van der Waals surface area (Å²) in [4.78, 5) is 27.0. The van der Waals surface area contributed by atoms with Gasteiger partial charge < -0.3 is 9.84 Å². The topological polar surface area (TPSA) is 73.5 Å². The Kier molecular flexibility index (Phi) is 4.03. The minimum atomic E-state index is -0.407. The Balaban J connectivity index is 2.39. The maximum atomic E-state index is 12.8. The van der Waals surface area contributed by atoms with Crippen LogP contribution in [0.25, 0.3) is 10.2 Å². The molecule has 0 unspecified atom stereocenters. The Labute approximate surface area is 137 Å². The molecule has 3 heterocycles. The third kappa shape index (κ3) is 2.58. The molecule has 0 fully saturated rings. The second-order valence-electron chi connectivity index (χ2n) is 6.27. The van der Waals surface area contributed by atoms with Gasteiger partial charge in [-0.2, -0.15) is 0 Å². The summed E-state index contributed by atoms with van der Waals surface area (Å²) in [6.07, 6.45) is 2.26. The molecule has 2 aromatic rings.